The molecule has 0 amide bonds. The molecule has 2 rings (SSSR count). The van der Waals surface area contributed by atoms with Crippen LogP contribution in [0.25, 0.3) is 0 Å². The van der Waals surface area contributed by atoms with Crippen molar-refractivity contribution < 1.29 is 4.74 Å². The van der Waals surface area contributed by atoms with E-state index in [4.69, 9.17) is 4.74 Å². The molecule has 1 N–H and O–H groups in total. The first-order chi connectivity index (χ1) is 11.2. The van der Waals surface area contributed by atoms with E-state index in [-0.39, 0.29) is 24.0 Å². The molecule has 0 aliphatic carbocycles. The van der Waals surface area contributed by atoms with Gasteiger partial charge in [-0.25, -0.2) is 0 Å². The first-order valence-corrected chi connectivity index (χ1v) is 9.37. The van der Waals surface area contributed by atoms with Crippen LogP contribution in [-0.2, 0) is 4.74 Å². The molecule has 0 aromatic heterocycles. The fourth-order valence-corrected chi connectivity index (χ4v) is 3.64. The Balaban J connectivity index is 0.00000288. The van der Waals surface area contributed by atoms with Crippen LogP contribution >= 0.6 is 24.0 Å². The van der Waals surface area contributed by atoms with Crippen LogP contribution in [0.3, 0.4) is 0 Å². The first-order valence-electron chi connectivity index (χ1n) is 9.37. The van der Waals surface area contributed by atoms with Gasteiger partial charge in [0, 0.05) is 40.4 Å². The van der Waals surface area contributed by atoms with Crippen LogP contribution in [-0.4, -0.2) is 76.3 Å². The smallest absolute Gasteiger partial charge is 0.193 e. The summed E-state index contributed by atoms with van der Waals surface area (Å²) in [7, 11) is 6.27. The van der Waals surface area contributed by atoms with Gasteiger partial charge in [0.15, 0.2) is 5.96 Å². The van der Waals surface area contributed by atoms with Gasteiger partial charge in [-0.1, -0.05) is 0 Å². The third kappa shape index (κ3) is 7.87. The van der Waals surface area contributed by atoms with Gasteiger partial charge in [-0.15, -0.1) is 24.0 Å². The van der Waals surface area contributed by atoms with E-state index in [2.05, 4.69) is 34.2 Å². The van der Waals surface area contributed by atoms with Gasteiger partial charge in [-0.3, -0.25) is 4.99 Å². The third-order valence-electron chi connectivity index (χ3n) is 5.46. The monoisotopic (exact) mass is 452 g/mol. The number of rotatable bonds is 6. The molecule has 0 saturated carbocycles. The van der Waals surface area contributed by atoms with Crippen LogP contribution < -0.4 is 5.32 Å². The van der Waals surface area contributed by atoms with Crippen LogP contribution in [0.5, 0.6) is 0 Å². The minimum Gasteiger partial charge on any atom is -0.381 e. The zero-order valence-corrected chi connectivity index (χ0v) is 18.1. The molecule has 2 saturated heterocycles. The molecule has 0 aromatic carbocycles. The number of ether oxygens (including phenoxy) is 1. The van der Waals surface area contributed by atoms with Crippen molar-refractivity contribution in [2.75, 3.05) is 60.5 Å². The summed E-state index contributed by atoms with van der Waals surface area (Å²) in [5, 5.41) is 3.55. The van der Waals surface area contributed by atoms with Crippen molar-refractivity contribution in [1.29, 1.82) is 0 Å². The number of hydrogen-bond donors (Lipinski definition) is 1. The van der Waals surface area contributed by atoms with Crippen LogP contribution in [0, 0.1) is 11.8 Å². The van der Waals surface area contributed by atoms with Gasteiger partial charge in [0.05, 0.1) is 0 Å². The standard InChI is InChI=1S/C18H36N4O.HI/c1-19-18(20-10-4-16-5-11-21(2)12-6-16)22(3)13-7-17-8-14-23-15-9-17;/h16-17H,4-15H2,1-3H3,(H,19,20);1H. The molecule has 2 aliphatic rings. The van der Waals surface area contributed by atoms with Gasteiger partial charge in [-0.2, -0.15) is 0 Å². The minimum absolute atomic E-state index is 0. The topological polar surface area (TPSA) is 40.1 Å². The quantitative estimate of drug-likeness (QED) is 0.382. The molecule has 2 fully saturated rings. The van der Waals surface area contributed by atoms with Gasteiger partial charge in [0.2, 0.25) is 0 Å². The van der Waals surface area contributed by atoms with E-state index in [0.717, 1.165) is 44.1 Å². The third-order valence-corrected chi connectivity index (χ3v) is 5.46. The Kier molecular flexibility index (Phi) is 11.3. The maximum Gasteiger partial charge on any atom is 0.193 e. The second-order valence-electron chi connectivity index (χ2n) is 7.28. The lowest BCUT2D eigenvalue weighted by atomic mass is 9.94. The minimum atomic E-state index is 0. The molecule has 24 heavy (non-hydrogen) atoms. The van der Waals surface area contributed by atoms with Crippen LogP contribution in [0.1, 0.15) is 38.5 Å². The highest BCUT2D eigenvalue weighted by Crippen LogP contribution is 2.19. The van der Waals surface area contributed by atoms with Gasteiger partial charge in [0.1, 0.15) is 0 Å². The molecule has 2 aliphatic heterocycles. The van der Waals surface area contributed by atoms with Crippen molar-refractivity contribution in [3.8, 4) is 0 Å². The zero-order valence-electron chi connectivity index (χ0n) is 15.8. The predicted octanol–water partition coefficient (Wildman–Crippen LogP) is 2.66. The summed E-state index contributed by atoms with van der Waals surface area (Å²) < 4.78 is 5.44. The fourth-order valence-electron chi connectivity index (χ4n) is 3.64. The SMILES string of the molecule is CN=C(NCCC1CCN(C)CC1)N(C)CCC1CCOCC1.I. The molecule has 0 atom stereocenters. The zero-order chi connectivity index (χ0) is 16.5. The van der Waals surface area contributed by atoms with Gasteiger partial charge >= 0.3 is 0 Å². The Hall–Kier alpha value is -0.0800. The highest BCUT2D eigenvalue weighted by molar-refractivity contribution is 14.0. The first kappa shape index (κ1) is 22.0. The summed E-state index contributed by atoms with van der Waals surface area (Å²) in [5.74, 6) is 2.75. The number of hydrogen-bond acceptors (Lipinski definition) is 3. The van der Waals surface area contributed by atoms with Crippen molar-refractivity contribution >= 4 is 29.9 Å². The van der Waals surface area contributed by atoms with Crippen molar-refractivity contribution in [1.82, 2.24) is 15.1 Å². The van der Waals surface area contributed by atoms with E-state index in [9.17, 15) is 0 Å². The molecule has 6 heteroatoms. The molecule has 0 radical (unpaired) electrons. The van der Waals surface area contributed by atoms with E-state index in [0.29, 0.717) is 0 Å². The lowest BCUT2D eigenvalue weighted by Crippen LogP contribution is -2.41. The van der Waals surface area contributed by atoms with Crippen molar-refractivity contribution in [2.45, 2.75) is 38.5 Å². The fraction of sp³-hybridized carbons (Fsp3) is 0.944. The molecule has 0 aromatic rings. The van der Waals surface area contributed by atoms with E-state index in [1.807, 2.05) is 7.05 Å². The average molecular weight is 452 g/mol. The number of aliphatic imine (C=N–C) groups is 1. The molecule has 2 heterocycles. The number of guanidine groups is 1. The lowest BCUT2D eigenvalue weighted by Gasteiger charge is -2.30. The number of nitrogens with zero attached hydrogens (tertiary/aromatic N) is 3. The molecule has 0 unspecified atom stereocenters. The van der Waals surface area contributed by atoms with E-state index in [1.165, 1.54) is 51.6 Å². The van der Waals surface area contributed by atoms with Gasteiger partial charge < -0.3 is 19.9 Å². The predicted molar refractivity (Wildman–Crippen MR) is 112 cm³/mol. The number of piperidine rings is 1. The van der Waals surface area contributed by atoms with Gasteiger partial charge in [-0.05, 0) is 70.5 Å². The van der Waals surface area contributed by atoms with Crippen molar-refractivity contribution in [3.63, 3.8) is 0 Å². The molecule has 0 spiro atoms. The Morgan fingerprint density at radius 2 is 1.75 bits per heavy atom. The molecular formula is C18H37IN4O. The Morgan fingerprint density at radius 3 is 2.38 bits per heavy atom. The maximum absolute atomic E-state index is 5.44. The summed E-state index contributed by atoms with van der Waals surface area (Å²) in [5.41, 5.74) is 0. The van der Waals surface area contributed by atoms with Crippen LogP contribution in [0.4, 0.5) is 0 Å². The molecule has 0 bridgehead atoms. The van der Waals surface area contributed by atoms with Crippen LogP contribution in [0.2, 0.25) is 0 Å². The second-order valence-corrected chi connectivity index (χ2v) is 7.28. The lowest BCUT2D eigenvalue weighted by molar-refractivity contribution is 0.0625. The van der Waals surface area contributed by atoms with Crippen molar-refractivity contribution in [2.24, 2.45) is 16.8 Å². The summed E-state index contributed by atoms with van der Waals surface area (Å²) >= 11 is 0. The highest BCUT2D eigenvalue weighted by Gasteiger charge is 2.17. The number of halogens is 1. The Morgan fingerprint density at radius 1 is 1.12 bits per heavy atom. The average Bonchev–Trinajstić information content (AvgIpc) is 2.59. The van der Waals surface area contributed by atoms with Crippen molar-refractivity contribution in [3.05, 3.63) is 0 Å². The van der Waals surface area contributed by atoms with E-state index >= 15 is 0 Å². The Labute approximate surface area is 165 Å². The normalized spacial score (nSPS) is 21.4. The van der Waals surface area contributed by atoms with Gasteiger partial charge in [0.25, 0.3) is 0 Å². The van der Waals surface area contributed by atoms with E-state index < -0.39 is 0 Å². The largest absolute Gasteiger partial charge is 0.381 e. The molecular weight excluding hydrogens is 415 g/mol. The summed E-state index contributed by atoms with van der Waals surface area (Å²) in [6.07, 6.45) is 7.63. The molecule has 142 valence electrons. The maximum atomic E-state index is 5.44. The summed E-state index contributed by atoms with van der Waals surface area (Å²) in [4.78, 5) is 9.16. The number of likely N-dealkylation sites (tertiary alicyclic amines) is 1. The summed E-state index contributed by atoms with van der Waals surface area (Å²) in [6, 6.07) is 0. The number of nitrogens with one attached hydrogen (secondary N) is 1. The van der Waals surface area contributed by atoms with E-state index in [1.54, 1.807) is 0 Å². The highest BCUT2D eigenvalue weighted by atomic mass is 127. The Bertz CT molecular complexity index is 353. The summed E-state index contributed by atoms with van der Waals surface area (Å²) in [6.45, 7) is 6.52. The van der Waals surface area contributed by atoms with Crippen LogP contribution in [0.15, 0.2) is 4.99 Å². The second kappa shape index (κ2) is 12.3. The molecule has 5 nitrogen and oxygen atoms in total.